The van der Waals surface area contributed by atoms with E-state index in [0.29, 0.717) is 18.1 Å². The summed E-state index contributed by atoms with van der Waals surface area (Å²) >= 11 is 0. The van der Waals surface area contributed by atoms with Crippen LogP contribution in [0, 0.1) is 5.92 Å². The molecule has 2 aromatic rings. The summed E-state index contributed by atoms with van der Waals surface area (Å²) in [5, 5.41) is 3.49. The summed E-state index contributed by atoms with van der Waals surface area (Å²) in [5.41, 5.74) is 2.26. The van der Waals surface area contributed by atoms with Crippen molar-refractivity contribution in [2.45, 2.75) is 45.4 Å². The Morgan fingerprint density at radius 3 is 2.95 bits per heavy atom. The van der Waals surface area contributed by atoms with Crippen molar-refractivity contribution in [1.29, 1.82) is 0 Å². The van der Waals surface area contributed by atoms with Crippen molar-refractivity contribution in [2.75, 3.05) is 13.1 Å². The molecule has 114 valence electrons. The number of hydrogen-bond acceptors (Lipinski definition) is 3. The number of nitrogens with zero attached hydrogens (tertiary/aromatic N) is 2. The van der Waals surface area contributed by atoms with E-state index in [9.17, 15) is 0 Å². The van der Waals surface area contributed by atoms with Crippen molar-refractivity contribution in [3.8, 4) is 0 Å². The minimum absolute atomic E-state index is 0.313. The Morgan fingerprint density at radius 2 is 2.10 bits per heavy atom. The second-order valence-corrected chi connectivity index (χ2v) is 6.40. The molecular formula is C17H25N3O. The largest absolute Gasteiger partial charge is 0.372 e. The lowest BCUT2D eigenvalue weighted by Gasteiger charge is -2.16. The van der Waals surface area contributed by atoms with Gasteiger partial charge in [0.05, 0.1) is 36.1 Å². The van der Waals surface area contributed by atoms with Crippen LogP contribution in [0.2, 0.25) is 0 Å². The summed E-state index contributed by atoms with van der Waals surface area (Å²) in [7, 11) is 0. The standard InChI is InChI=1S/C17H25N3O/c1-13(2)9-18-10-14-7-8-15(21-14)11-20-12-19-16-5-3-4-6-17(16)20/h3-6,12-15,18H,7-11H2,1-2H3. The molecule has 1 aromatic carbocycles. The molecule has 2 atom stereocenters. The topological polar surface area (TPSA) is 39.1 Å². The maximum Gasteiger partial charge on any atom is 0.0959 e. The van der Waals surface area contributed by atoms with Crippen molar-refractivity contribution < 1.29 is 4.74 Å². The highest BCUT2D eigenvalue weighted by Crippen LogP contribution is 2.22. The quantitative estimate of drug-likeness (QED) is 0.888. The Bertz CT molecular complexity index is 578. The molecule has 1 saturated heterocycles. The molecule has 3 rings (SSSR count). The Morgan fingerprint density at radius 1 is 1.29 bits per heavy atom. The number of benzene rings is 1. The molecule has 1 aliphatic rings. The van der Waals surface area contributed by atoms with Crippen LogP contribution in [0.3, 0.4) is 0 Å². The first-order valence-corrected chi connectivity index (χ1v) is 7.98. The fraction of sp³-hybridized carbons (Fsp3) is 0.588. The zero-order chi connectivity index (χ0) is 14.7. The molecule has 2 heterocycles. The minimum Gasteiger partial charge on any atom is -0.372 e. The molecular weight excluding hydrogens is 262 g/mol. The lowest BCUT2D eigenvalue weighted by Crippen LogP contribution is -2.30. The van der Waals surface area contributed by atoms with E-state index in [2.05, 4.69) is 46.9 Å². The number of aromatic nitrogens is 2. The molecule has 4 nitrogen and oxygen atoms in total. The van der Waals surface area contributed by atoms with Gasteiger partial charge in [-0.3, -0.25) is 0 Å². The molecule has 0 radical (unpaired) electrons. The highest BCUT2D eigenvalue weighted by Gasteiger charge is 2.25. The van der Waals surface area contributed by atoms with Gasteiger partial charge >= 0.3 is 0 Å². The summed E-state index contributed by atoms with van der Waals surface area (Å²) in [6, 6.07) is 8.27. The number of rotatable bonds is 6. The molecule has 0 saturated carbocycles. The number of nitrogens with one attached hydrogen (secondary N) is 1. The van der Waals surface area contributed by atoms with Crippen molar-refractivity contribution in [2.24, 2.45) is 5.92 Å². The van der Waals surface area contributed by atoms with E-state index >= 15 is 0 Å². The molecule has 1 aromatic heterocycles. The smallest absolute Gasteiger partial charge is 0.0959 e. The van der Waals surface area contributed by atoms with E-state index in [-0.39, 0.29) is 0 Å². The van der Waals surface area contributed by atoms with Gasteiger partial charge in [-0.15, -0.1) is 0 Å². The van der Waals surface area contributed by atoms with E-state index in [1.54, 1.807) is 0 Å². The third-order valence-electron chi connectivity index (χ3n) is 4.05. The summed E-state index contributed by atoms with van der Waals surface area (Å²) in [6.07, 6.45) is 4.90. The Kier molecular flexibility index (Phi) is 4.56. The first-order valence-electron chi connectivity index (χ1n) is 7.98. The van der Waals surface area contributed by atoms with Crippen molar-refractivity contribution in [3.05, 3.63) is 30.6 Å². The number of ether oxygens (including phenoxy) is 1. The normalized spacial score (nSPS) is 22.4. The van der Waals surface area contributed by atoms with Crippen LogP contribution < -0.4 is 5.32 Å². The number of fused-ring (bicyclic) bond motifs is 1. The van der Waals surface area contributed by atoms with Gasteiger partial charge in [-0.05, 0) is 37.4 Å². The van der Waals surface area contributed by atoms with Gasteiger partial charge < -0.3 is 14.6 Å². The van der Waals surface area contributed by atoms with Gasteiger partial charge in [0.1, 0.15) is 0 Å². The maximum absolute atomic E-state index is 6.15. The predicted octanol–water partition coefficient (Wildman–Crippen LogP) is 2.83. The second-order valence-electron chi connectivity index (χ2n) is 6.40. The van der Waals surface area contributed by atoms with Crippen molar-refractivity contribution in [1.82, 2.24) is 14.9 Å². The molecule has 1 N–H and O–H groups in total. The highest BCUT2D eigenvalue weighted by molar-refractivity contribution is 5.74. The van der Waals surface area contributed by atoms with Crippen LogP contribution in [-0.4, -0.2) is 34.8 Å². The zero-order valence-electron chi connectivity index (χ0n) is 13.0. The van der Waals surface area contributed by atoms with Gasteiger partial charge in [0.2, 0.25) is 0 Å². The van der Waals surface area contributed by atoms with Crippen LogP contribution in [0.5, 0.6) is 0 Å². The summed E-state index contributed by atoms with van der Waals surface area (Å²) in [6.45, 7) is 7.40. The third-order valence-corrected chi connectivity index (χ3v) is 4.05. The highest BCUT2D eigenvalue weighted by atomic mass is 16.5. The molecule has 0 aliphatic carbocycles. The summed E-state index contributed by atoms with van der Waals surface area (Å²) in [5.74, 6) is 0.694. The summed E-state index contributed by atoms with van der Waals surface area (Å²) < 4.78 is 8.37. The lowest BCUT2D eigenvalue weighted by atomic mass is 10.2. The van der Waals surface area contributed by atoms with Gasteiger partial charge in [-0.2, -0.15) is 0 Å². The molecule has 0 spiro atoms. The molecule has 4 heteroatoms. The first-order chi connectivity index (χ1) is 10.2. The fourth-order valence-corrected chi connectivity index (χ4v) is 2.97. The van der Waals surface area contributed by atoms with E-state index in [4.69, 9.17) is 4.74 Å². The monoisotopic (exact) mass is 287 g/mol. The summed E-state index contributed by atoms with van der Waals surface area (Å²) in [4.78, 5) is 4.44. The zero-order valence-corrected chi connectivity index (χ0v) is 13.0. The molecule has 1 aliphatic heterocycles. The number of para-hydroxylation sites is 2. The Hall–Kier alpha value is -1.39. The second kappa shape index (κ2) is 6.58. The van der Waals surface area contributed by atoms with Crippen LogP contribution in [0.4, 0.5) is 0 Å². The Labute approximate surface area is 126 Å². The van der Waals surface area contributed by atoms with Crippen LogP contribution in [0.15, 0.2) is 30.6 Å². The van der Waals surface area contributed by atoms with Gasteiger partial charge in [0.15, 0.2) is 0 Å². The maximum atomic E-state index is 6.15. The van der Waals surface area contributed by atoms with Gasteiger partial charge in [0.25, 0.3) is 0 Å². The van der Waals surface area contributed by atoms with Crippen molar-refractivity contribution in [3.63, 3.8) is 0 Å². The van der Waals surface area contributed by atoms with E-state index in [1.807, 2.05) is 12.4 Å². The first kappa shape index (κ1) is 14.5. The molecule has 0 bridgehead atoms. The van der Waals surface area contributed by atoms with Crippen molar-refractivity contribution >= 4 is 11.0 Å². The lowest BCUT2D eigenvalue weighted by molar-refractivity contribution is 0.0364. The van der Waals surface area contributed by atoms with E-state index in [0.717, 1.165) is 38.0 Å². The van der Waals surface area contributed by atoms with Crippen LogP contribution >= 0.6 is 0 Å². The minimum atomic E-state index is 0.313. The SMILES string of the molecule is CC(C)CNCC1CCC(Cn2cnc3ccccc32)O1. The van der Waals surface area contributed by atoms with E-state index < -0.39 is 0 Å². The molecule has 21 heavy (non-hydrogen) atoms. The average molecular weight is 287 g/mol. The van der Waals surface area contributed by atoms with Gasteiger partial charge in [-0.1, -0.05) is 26.0 Å². The third kappa shape index (κ3) is 3.63. The Balaban J connectivity index is 1.53. The number of imidazole rings is 1. The van der Waals surface area contributed by atoms with Gasteiger partial charge in [-0.25, -0.2) is 4.98 Å². The average Bonchev–Trinajstić information content (AvgIpc) is 3.07. The molecule has 2 unspecified atom stereocenters. The van der Waals surface area contributed by atoms with Crippen LogP contribution in [0.25, 0.3) is 11.0 Å². The van der Waals surface area contributed by atoms with Crippen LogP contribution in [-0.2, 0) is 11.3 Å². The van der Waals surface area contributed by atoms with Gasteiger partial charge in [0, 0.05) is 6.54 Å². The van der Waals surface area contributed by atoms with Crippen LogP contribution in [0.1, 0.15) is 26.7 Å². The molecule has 1 fully saturated rings. The predicted molar refractivity (Wildman–Crippen MR) is 85.3 cm³/mol. The molecule has 0 amide bonds. The number of hydrogen-bond donors (Lipinski definition) is 1. The van der Waals surface area contributed by atoms with E-state index in [1.165, 1.54) is 5.52 Å². The fourth-order valence-electron chi connectivity index (χ4n) is 2.97.